The maximum absolute atomic E-state index is 11.2. The molecule has 4 aromatic rings. The Kier molecular flexibility index (Phi) is 8.94. The molecular formula is C38H47NO4. The van der Waals surface area contributed by atoms with Crippen LogP contribution in [0.2, 0.25) is 0 Å². The monoisotopic (exact) mass is 581 g/mol. The second kappa shape index (κ2) is 12.5. The minimum Gasteiger partial charge on any atom is -0.507 e. The third-order valence-electron chi connectivity index (χ3n) is 8.15. The largest absolute Gasteiger partial charge is 0.507 e. The lowest BCUT2D eigenvalue weighted by atomic mass is 9.81. The summed E-state index contributed by atoms with van der Waals surface area (Å²) in [7, 11) is 0. The number of phenolic OH excluding ortho intramolecular Hbond substituents is 1. The molecule has 0 aliphatic carbocycles. The van der Waals surface area contributed by atoms with Crippen molar-refractivity contribution in [3.05, 3.63) is 82.9 Å². The van der Waals surface area contributed by atoms with Crippen molar-refractivity contribution < 1.29 is 19.3 Å². The zero-order valence-corrected chi connectivity index (χ0v) is 27.2. The van der Waals surface area contributed by atoms with Gasteiger partial charge >= 0.3 is 0 Å². The average Bonchev–Trinajstić information content (AvgIpc) is 2.91. The fraction of sp³-hybridized carbons (Fsp3) is 0.421. The minimum absolute atomic E-state index is 0.0175. The SMILES string of the molecule is Cc1cc(O)c2c(OC(C)C)ccc(-c3c(OC(C)C)cc(OC(C)C)c4c3C[C@@H](C)N(Cc3ccccc3)[C@@H]4C)c2c1. The van der Waals surface area contributed by atoms with E-state index in [1.54, 1.807) is 0 Å². The molecule has 0 saturated carbocycles. The normalized spacial score (nSPS) is 17.1. The van der Waals surface area contributed by atoms with Crippen molar-refractivity contribution in [2.75, 3.05) is 0 Å². The molecule has 0 radical (unpaired) electrons. The van der Waals surface area contributed by atoms with Gasteiger partial charge in [-0.25, -0.2) is 0 Å². The Balaban J connectivity index is 1.80. The van der Waals surface area contributed by atoms with Crippen molar-refractivity contribution in [1.29, 1.82) is 0 Å². The van der Waals surface area contributed by atoms with Gasteiger partial charge in [0.2, 0.25) is 0 Å². The molecule has 5 nitrogen and oxygen atoms in total. The Hall–Kier alpha value is -3.70. The molecule has 228 valence electrons. The van der Waals surface area contributed by atoms with E-state index >= 15 is 0 Å². The topological polar surface area (TPSA) is 51.2 Å². The Bertz CT molecular complexity index is 1590. The Labute approximate surface area is 257 Å². The highest BCUT2D eigenvalue weighted by Crippen LogP contribution is 2.51. The Morgan fingerprint density at radius 2 is 1.42 bits per heavy atom. The van der Waals surface area contributed by atoms with Gasteiger partial charge in [-0.15, -0.1) is 0 Å². The maximum atomic E-state index is 11.2. The van der Waals surface area contributed by atoms with Gasteiger partial charge in [-0.1, -0.05) is 36.4 Å². The molecule has 1 aliphatic heterocycles. The predicted octanol–water partition coefficient (Wildman–Crippen LogP) is 9.39. The van der Waals surface area contributed by atoms with Gasteiger partial charge in [0.1, 0.15) is 23.0 Å². The summed E-state index contributed by atoms with van der Waals surface area (Å²) in [6.07, 6.45) is 0.812. The number of hydrogen-bond acceptors (Lipinski definition) is 5. The number of rotatable bonds is 9. The summed E-state index contributed by atoms with van der Waals surface area (Å²) in [6, 6.07) is 21.3. The smallest absolute Gasteiger partial charge is 0.131 e. The van der Waals surface area contributed by atoms with Crippen LogP contribution in [-0.2, 0) is 13.0 Å². The van der Waals surface area contributed by atoms with Gasteiger partial charge < -0.3 is 19.3 Å². The molecule has 0 saturated heterocycles. The number of aryl methyl sites for hydroxylation is 1. The number of hydrogen-bond donors (Lipinski definition) is 1. The van der Waals surface area contributed by atoms with E-state index in [0.717, 1.165) is 51.9 Å². The van der Waals surface area contributed by atoms with Crippen LogP contribution in [0.5, 0.6) is 23.0 Å². The van der Waals surface area contributed by atoms with Gasteiger partial charge in [-0.3, -0.25) is 4.90 Å². The van der Waals surface area contributed by atoms with Crippen molar-refractivity contribution in [3.8, 4) is 34.1 Å². The molecule has 43 heavy (non-hydrogen) atoms. The first-order chi connectivity index (χ1) is 20.4. The predicted molar refractivity (Wildman–Crippen MR) is 177 cm³/mol. The molecule has 0 spiro atoms. The summed E-state index contributed by atoms with van der Waals surface area (Å²) in [5.41, 5.74) is 6.85. The fourth-order valence-corrected chi connectivity index (χ4v) is 6.55. The van der Waals surface area contributed by atoms with Crippen molar-refractivity contribution in [3.63, 3.8) is 0 Å². The maximum Gasteiger partial charge on any atom is 0.131 e. The van der Waals surface area contributed by atoms with Crippen LogP contribution in [0.4, 0.5) is 0 Å². The highest BCUT2D eigenvalue weighted by atomic mass is 16.5. The molecule has 1 aliphatic rings. The van der Waals surface area contributed by atoms with Gasteiger partial charge in [0.15, 0.2) is 0 Å². The quantitative estimate of drug-likeness (QED) is 0.213. The third kappa shape index (κ3) is 6.33. The van der Waals surface area contributed by atoms with Crippen LogP contribution in [0.1, 0.15) is 83.7 Å². The summed E-state index contributed by atoms with van der Waals surface area (Å²) in [5, 5.41) is 12.9. The molecule has 1 N–H and O–H groups in total. The first-order valence-corrected chi connectivity index (χ1v) is 15.7. The number of ether oxygens (including phenoxy) is 3. The summed E-state index contributed by atoms with van der Waals surface area (Å²) < 4.78 is 19.3. The van der Waals surface area contributed by atoms with Gasteiger partial charge in [0.05, 0.1) is 23.7 Å². The van der Waals surface area contributed by atoms with E-state index in [2.05, 4.69) is 95.0 Å². The second-order valence-electron chi connectivity index (χ2n) is 12.8. The van der Waals surface area contributed by atoms with Crippen molar-refractivity contribution >= 4 is 10.8 Å². The summed E-state index contributed by atoms with van der Waals surface area (Å²) in [6.45, 7) is 19.8. The minimum atomic E-state index is -0.0262. The molecule has 4 aromatic carbocycles. The molecular weight excluding hydrogens is 534 g/mol. The molecule has 0 fully saturated rings. The lowest BCUT2D eigenvalue weighted by molar-refractivity contribution is 0.123. The number of aromatic hydroxyl groups is 1. The molecule has 0 aromatic heterocycles. The first kappa shape index (κ1) is 30.7. The number of nitrogens with zero attached hydrogens (tertiary/aromatic N) is 1. The van der Waals surface area contributed by atoms with E-state index in [-0.39, 0.29) is 36.1 Å². The van der Waals surface area contributed by atoms with E-state index < -0.39 is 0 Å². The lowest BCUT2D eigenvalue weighted by Gasteiger charge is -2.42. The lowest BCUT2D eigenvalue weighted by Crippen LogP contribution is -2.41. The van der Waals surface area contributed by atoms with E-state index in [4.69, 9.17) is 14.2 Å². The molecule has 1 heterocycles. The zero-order chi connectivity index (χ0) is 31.0. The van der Waals surface area contributed by atoms with Crippen LogP contribution in [0.3, 0.4) is 0 Å². The molecule has 5 heteroatoms. The van der Waals surface area contributed by atoms with Crippen LogP contribution in [0, 0.1) is 6.92 Å². The van der Waals surface area contributed by atoms with E-state index in [1.165, 1.54) is 16.7 Å². The highest BCUT2D eigenvalue weighted by molar-refractivity contribution is 6.05. The van der Waals surface area contributed by atoms with Gasteiger partial charge in [-0.2, -0.15) is 0 Å². The first-order valence-electron chi connectivity index (χ1n) is 15.7. The van der Waals surface area contributed by atoms with Crippen LogP contribution in [-0.4, -0.2) is 34.4 Å². The van der Waals surface area contributed by atoms with Crippen molar-refractivity contribution in [1.82, 2.24) is 4.90 Å². The van der Waals surface area contributed by atoms with Gasteiger partial charge in [-0.05, 0) is 115 Å². The van der Waals surface area contributed by atoms with Crippen molar-refractivity contribution in [2.45, 2.75) is 106 Å². The third-order valence-corrected chi connectivity index (χ3v) is 8.15. The molecule has 2 atom stereocenters. The number of fused-ring (bicyclic) bond motifs is 2. The molecule has 0 unspecified atom stereocenters. The van der Waals surface area contributed by atoms with Crippen LogP contribution >= 0.6 is 0 Å². The average molecular weight is 582 g/mol. The fourth-order valence-electron chi connectivity index (χ4n) is 6.55. The van der Waals surface area contributed by atoms with Crippen LogP contribution in [0.25, 0.3) is 21.9 Å². The van der Waals surface area contributed by atoms with E-state index in [0.29, 0.717) is 5.75 Å². The van der Waals surface area contributed by atoms with Crippen LogP contribution < -0.4 is 14.2 Å². The molecule has 0 amide bonds. The Morgan fingerprint density at radius 1 is 0.791 bits per heavy atom. The highest BCUT2D eigenvalue weighted by Gasteiger charge is 2.36. The van der Waals surface area contributed by atoms with Gasteiger partial charge in [0.25, 0.3) is 0 Å². The molecule has 5 rings (SSSR count). The number of phenols is 1. The summed E-state index contributed by atoms with van der Waals surface area (Å²) in [5.74, 6) is 2.59. The van der Waals surface area contributed by atoms with E-state index in [9.17, 15) is 5.11 Å². The van der Waals surface area contributed by atoms with E-state index in [1.807, 2.05) is 32.9 Å². The second-order valence-corrected chi connectivity index (χ2v) is 12.8. The summed E-state index contributed by atoms with van der Waals surface area (Å²) in [4.78, 5) is 2.57. The standard InChI is InChI=1S/C38H47NO4/c1-22(2)41-33-16-15-29(30-17-25(7)18-32(40)38(30)33)37-31-19-26(8)39(21-28-13-11-10-12-14-28)27(9)36(31)34(42-23(3)4)20-35(37)43-24(5)6/h10-18,20,22-24,26-27,40H,19,21H2,1-9H3/t26-,27-/m1/s1. The van der Waals surface area contributed by atoms with Crippen molar-refractivity contribution in [2.24, 2.45) is 0 Å². The Morgan fingerprint density at radius 3 is 2.07 bits per heavy atom. The summed E-state index contributed by atoms with van der Waals surface area (Å²) >= 11 is 0. The van der Waals surface area contributed by atoms with Gasteiger partial charge in [0, 0.05) is 35.8 Å². The zero-order valence-electron chi connectivity index (χ0n) is 27.2. The van der Waals surface area contributed by atoms with Crippen LogP contribution in [0.15, 0.2) is 60.7 Å². The number of benzene rings is 4. The molecule has 0 bridgehead atoms.